The van der Waals surface area contributed by atoms with Gasteiger partial charge in [0.2, 0.25) is 0 Å². The molecule has 2 rings (SSSR count). The van der Waals surface area contributed by atoms with Crippen LogP contribution in [-0.2, 0) is 0 Å². The predicted octanol–water partition coefficient (Wildman–Crippen LogP) is 3.82. The summed E-state index contributed by atoms with van der Waals surface area (Å²) in [5, 5.41) is 0.354. The van der Waals surface area contributed by atoms with E-state index in [0.717, 1.165) is 17.7 Å². The van der Waals surface area contributed by atoms with Gasteiger partial charge < -0.3 is 4.74 Å². The molecule has 3 N–H and O–H groups in total. The molecule has 1 atom stereocenters. The van der Waals surface area contributed by atoms with Gasteiger partial charge in [0, 0.05) is 10.6 Å². The van der Waals surface area contributed by atoms with E-state index in [1.165, 1.54) is 6.07 Å². The summed E-state index contributed by atoms with van der Waals surface area (Å²) in [5.74, 6) is 5.95. The Morgan fingerprint density at radius 1 is 1.29 bits per heavy atom. The standard InChI is InChI=1S/C16H18ClFN2O/c1-2-8-21-13-5-3-4-11(9-13)16(20-19)14-7-6-12(17)10-15(14)18/h3-7,9-10,16,20H,2,8,19H2,1H3. The average molecular weight is 309 g/mol. The second kappa shape index (κ2) is 7.41. The molecule has 0 bridgehead atoms. The molecule has 0 heterocycles. The molecule has 1 unspecified atom stereocenters. The third-order valence-corrected chi connectivity index (χ3v) is 3.34. The predicted molar refractivity (Wildman–Crippen MR) is 82.8 cm³/mol. The van der Waals surface area contributed by atoms with Gasteiger partial charge in [0.05, 0.1) is 12.6 Å². The largest absolute Gasteiger partial charge is 0.494 e. The molecule has 5 heteroatoms. The van der Waals surface area contributed by atoms with Crippen molar-refractivity contribution in [2.45, 2.75) is 19.4 Å². The van der Waals surface area contributed by atoms with Crippen molar-refractivity contribution in [3.8, 4) is 5.75 Å². The van der Waals surface area contributed by atoms with Crippen molar-refractivity contribution in [1.82, 2.24) is 5.43 Å². The van der Waals surface area contributed by atoms with Crippen molar-refractivity contribution in [2.75, 3.05) is 6.61 Å². The highest BCUT2D eigenvalue weighted by molar-refractivity contribution is 6.30. The quantitative estimate of drug-likeness (QED) is 0.630. The second-order valence-corrected chi connectivity index (χ2v) is 5.12. The van der Waals surface area contributed by atoms with Crippen LogP contribution >= 0.6 is 11.6 Å². The summed E-state index contributed by atoms with van der Waals surface area (Å²) in [5.41, 5.74) is 3.91. The van der Waals surface area contributed by atoms with E-state index in [2.05, 4.69) is 5.43 Å². The molecule has 0 saturated heterocycles. The van der Waals surface area contributed by atoms with Crippen molar-refractivity contribution >= 4 is 11.6 Å². The first-order valence-electron chi connectivity index (χ1n) is 6.79. The maximum atomic E-state index is 14.1. The van der Waals surface area contributed by atoms with Gasteiger partial charge in [-0.25, -0.2) is 9.82 Å². The Morgan fingerprint density at radius 2 is 2.10 bits per heavy atom. The van der Waals surface area contributed by atoms with Crippen LogP contribution in [0.5, 0.6) is 5.75 Å². The number of hydrogen-bond donors (Lipinski definition) is 2. The fraction of sp³-hybridized carbons (Fsp3) is 0.250. The summed E-state index contributed by atoms with van der Waals surface area (Å²) in [7, 11) is 0. The van der Waals surface area contributed by atoms with E-state index >= 15 is 0 Å². The van der Waals surface area contributed by atoms with Crippen molar-refractivity contribution < 1.29 is 9.13 Å². The van der Waals surface area contributed by atoms with Crippen LogP contribution in [0.15, 0.2) is 42.5 Å². The van der Waals surface area contributed by atoms with E-state index in [1.807, 2.05) is 31.2 Å². The lowest BCUT2D eigenvalue weighted by Crippen LogP contribution is -2.29. The van der Waals surface area contributed by atoms with Gasteiger partial charge in [-0.3, -0.25) is 5.84 Å². The molecule has 0 saturated carbocycles. The molecular weight excluding hydrogens is 291 g/mol. The van der Waals surface area contributed by atoms with Crippen LogP contribution in [0.1, 0.15) is 30.5 Å². The van der Waals surface area contributed by atoms with Crippen LogP contribution in [0.4, 0.5) is 4.39 Å². The Bertz CT molecular complexity index is 607. The summed E-state index contributed by atoms with van der Waals surface area (Å²) in [6.45, 7) is 2.68. The minimum atomic E-state index is -0.465. The van der Waals surface area contributed by atoms with Gasteiger partial charge in [0.25, 0.3) is 0 Å². The lowest BCUT2D eigenvalue weighted by Gasteiger charge is -2.18. The number of rotatable bonds is 6. The monoisotopic (exact) mass is 308 g/mol. The molecule has 2 aromatic rings. The summed E-state index contributed by atoms with van der Waals surface area (Å²) >= 11 is 5.78. The normalized spacial score (nSPS) is 12.2. The molecule has 0 aliphatic heterocycles. The first kappa shape index (κ1) is 15.8. The molecule has 0 amide bonds. The highest BCUT2D eigenvalue weighted by Gasteiger charge is 2.17. The summed E-state index contributed by atoms with van der Waals surface area (Å²) in [4.78, 5) is 0. The van der Waals surface area contributed by atoms with Crippen LogP contribution in [0.2, 0.25) is 5.02 Å². The Labute approximate surface area is 128 Å². The van der Waals surface area contributed by atoms with Crippen LogP contribution in [-0.4, -0.2) is 6.61 Å². The van der Waals surface area contributed by atoms with E-state index in [1.54, 1.807) is 12.1 Å². The van der Waals surface area contributed by atoms with Gasteiger partial charge in [-0.15, -0.1) is 0 Å². The van der Waals surface area contributed by atoms with Crippen molar-refractivity contribution in [3.05, 3.63) is 64.4 Å². The molecule has 0 aromatic heterocycles. The van der Waals surface area contributed by atoms with Gasteiger partial charge in [-0.1, -0.05) is 36.7 Å². The first-order valence-corrected chi connectivity index (χ1v) is 7.17. The summed E-state index contributed by atoms with van der Waals surface area (Å²) in [6, 6.07) is 11.5. The number of nitrogens with two attached hydrogens (primary N) is 1. The van der Waals surface area contributed by atoms with Crippen molar-refractivity contribution in [1.29, 1.82) is 0 Å². The van der Waals surface area contributed by atoms with Gasteiger partial charge in [-0.2, -0.15) is 0 Å². The van der Waals surface area contributed by atoms with Crippen LogP contribution in [0, 0.1) is 5.82 Å². The highest BCUT2D eigenvalue weighted by Crippen LogP contribution is 2.28. The molecule has 0 aliphatic carbocycles. The van der Waals surface area contributed by atoms with Crippen molar-refractivity contribution in [2.24, 2.45) is 5.84 Å². The lowest BCUT2D eigenvalue weighted by atomic mass is 9.98. The smallest absolute Gasteiger partial charge is 0.129 e. The molecule has 0 spiro atoms. The zero-order valence-electron chi connectivity index (χ0n) is 11.8. The number of hydrazine groups is 1. The Hall–Kier alpha value is -1.62. The Balaban J connectivity index is 2.32. The Morgan fingerprint density at radius 3 is 2.76 bits per heavy atom. The maximum absolute atomic E-state index is 14.1. The molecular formula is C16H18ClFN2O. The van der Waals surface area contributed by atoms with Gasteiger partial charge in [0.15, 0.2) is 0 Å². The zero-order chi connectivity index (χ0) is 15.2. The average Bonchev–Trinajstić information content (AvgIpc) is 2.48. The van der Waals surface area contributed by atoms with E-state index < -0.39 is 11.9 Å². The van der Waals surface area contributed by atoms with E-state index in [0.29, 0.717) is 17.2 Å². The highest BCUT2D eigenvalue weighted by atomic mass is 35.5. The molecule has 0 aliphatic rings. The number of ether oxygens (including phenoxy) is 1. The fourth-order valence-electron chi connectivity index (χ4n) is 2.10. The fourth-order valence-corrected chi connectivity index (χ4v) is 2.26. The topological polar surface area (TPSA) is 47.3 Å². The third-order valence-electron chi connectivity index (χ3n) is 3.10. The minimum Gasteiger partial charge on any atom is -0.494 e. The molecule has 3 nitrogen and oxygen atoms in total. The molecule has 21 heavy (non-hydrogen) atoms. The second-order valence-electron chi connectivity index (χ2n) is 4.69. The molecule has 0 fully saturated rings. The van der Waals surface area contributed by atoms with Crippen LogP contribution < -0.4 is 16.0 Å². The summed E-state index contributed by atoms with van der Waals surface area (Å²) in [6.07, 6.45) is 0.925. The minimum absolute atomic E-state index is 0.354. The number of benzene rings is 2. The third kappa shape index (κ3) is 3.94. The summed E-state index contributed by atoms with van der Waals surface area (Å²) < 4.78 is 19.7. The van der Waals surface area contributed by atoms with Gasteiger partial charge in [-0.05, 0) is 36.2 Å². The van der Waals surface area contributed by atoms with E-state index in [4.69, 9.17) is 22.2 Å². The van der Waals surface area contributed by atoms with Crippen molar-refractivity contribution in [3.63, 3.8) is 0 Å². The van der Waals surface area contributed by atoms with Gasteiger partial charge >= 0.3 is 0 Å². The van der Waals surface area contributed by atoms with E-state index in [-0.39, 0.29) is 0 Å². The first-order chi connectivity index (χ1) is 10.2. The van der Waals surface area contributed by atoms with Crippen LogP contribution in [0.3, 0.4) is 0 Å². The number of nitrogens with one attached hydrogen (secondary N) is 1. The zero-order valence-corrected chi connectivity index (χ0v) is 12.5. The Kier molecular flexibility index (Phi) is 5.56. The number of halogens is 2. The lowest BCUT2D eigenvalue weighted by molar-refractivity contribution is 0.317. The van der Waals surface area contributed by atoms with Crippen LogP contribution in [0.25, 0.3) is 0 Å². The molecule has 112 valence electrons. The number of hydrogen-bond acceptors (Lipinski definition) is 3. The van der Waals surface area contributed by atoms with Gasteiger partial charge in [0.1, 0.15) is 11.6 Å². The maximum Gasteiger partial charge on any atom is 0.129 e. The molecule has 0 radical (unpaired) electrons. The SMILES string of the molecule is CCCOc1cccc(C(NN)c2ccc(Cl)cc2F)c1. The van der Waals surface area contributed by atoms with E-state index in [9.17, 15) is 4.39 Å². The molecule has 2 aromatic carbocycles.